The summed E-state index contributed by atoms with van der Waals surface area (Å²) in [5.74, 6) is 1.17. The van der Waals surface area contributed by atoms with Gasteiger partial charge in [0.15, 0.2) is 0 Å². The van der Waals surface area contributed by atoms with Crippen LogP contribution in [0.1, 0.15) is 23.2 Å². The van der Waals surface area contributed by atoms with Crippen molar-refractivity contribution < 1.29 is 9.53 Å². The molecule has 2 aromatic rings. The SMILES string of the molecule is COc1ccc(-n2cc(C(=O)NC3CN4CCC3CC4)ccc2=O)c(SC)c1. The zero-order valence-corrected chi connectivity index (χ0v) is 17.0. The van der Waals surface area contributed by atoms with E-state index in [2.05, 4.69) is 10.2 Å². The largest absolute Gasteiger partial charge is 0.497 e. The van der Waals surface area contributed by atoms with Crippen LogP contribution in [0.25, 0.3) is 5.69 Å². The van der Waals surface area contributed by atoms with E-state index in [1.807, 2.05) is 24.5 Å². The number of nitrogens with zero attached hydrogens (tertiary/aromatic N) is 2. The fraction of sp³-hybridized carbons (Fsp3) is 0.429. The number of hydrogen-bond donors (Lipinski definition) is 1. The van der Waals surface area contributed by atoms with Crippen LogP contribution in [0, 0.1) is 5.92 Å². The molecule has 3 aliphatic heterocycles. The van der Waals surface area contributed by atoms with Crippen LogP contribution in [0.15, 0.2) is 46.2 Å². The molecule has 3 fully saturated rings. The molecule has 0 spiro atoms. The number of carbonyl (C=O) groups is 1. The van der Waals surface area contributed by atoms with Crippen molar-refractivity contribution in [2.24, 2.45) is 5.92 Å². The highest BCUT2D eigenvalue weighted by Crippen LogP contribution is 2.29. The van der Waals surface area contributed by atoms with Gasteiger partial charge in [-0.3, -0.25) is 14.2 Å². The van der Waals surface area contributed by atoms with Gasteiger partial charge in [0.05, 0.1) is 18.4 Å². The molecule has 3 aliphatic rings. The molecule has 7 heteroatoms. The normalized spacial score (nSPS) is 23.4. The molecular formula is C21H25N3O3S. The zero-order chi connectivity index (χ0) is 19.7. The van der Waals surface area contributed by atoms with Crippen molar-refractivity contribution in [1.29, 1.82) is 0 Å². The highest BCUT2D eigenvalue weighted by Gasteiger charge is 2.35. The van der Waals surface area contributed by atoms with Crippen molar-refractivity contribution in [1.82, 2.24) is 14.8 Å². The Bertz CT molecular complexity index is 935. The molecule has 1 aromatic carbocycles. The van der Waals surface area contributed by atoms with Gasteiger partial charge in [-0.1, -0.05) is 0 Å². The molecule has 5 rings (SSSR count). The average Bonchev–Trinajstić information content (AvgIpc) is 2.74. The topological polar surface area (TPSA) is 63.6 Å². The van der Waals surface area contributed by atoms with Crippen molar-refractivity contribution >= 4 is 17.7 Å². The molecule has 2 bridgehead atoms. The van der Waals surface area contributed by atoms with Crippen LogP contribution in [-0.4, -0.2) is 54.4 Å². The summed E-state index contributed by atoms with van der Waals surface area (Å²) in [4.78, 5) is 28.7. The van der Waals surface area contributed by atoms with Gasteiger partial charge >= 0.3 is 0 Å². The Morgan fingerprint density at radius 1 is 1.21 bits per heavy atom. The molecule has 1 aromatic heterocycles. The quantitative estimate of drug-likeness (QED) is 0.783. The molecule has 0 radical (unpaired) electrons. The number of aromatic nitrogens is 1. The van der Waals surface area contributed by atoms with E-state index in [0.717, 1.165) is 48.8 Å². The molecule has 3 saturated heterocycles. The Kier molecular flexibility index (Phi) is 5.46. The van der Waals surface area contributed by atoms with E-state index in [1.165, 1.54) is 22.4 Å². The first-order valence-electron chi connectivity index (χ1n) is 9.57. The number of thioether (sulfide) groups is 1. The Morgan fingerprint density at radius 2 is 2.00 bits per heavy atom. The van der Waals surface area contributed by atoms with Gasteiger partial charge in [0.25, 0.3) is 11.5 Å². The number of hydrogen-bond acceptors (Lipinski definition) is 5. The third-order valence-electron chi connectivity index (χ3n) is 5.79. The van der Waals surface area contributed by atoms with Gasteiger partial charge in [-0.05, 0) is 62.4 Å². The maximum absolute atomic E-state index is 12.9. The first-order valence-corrected chi connectivity index (χ1v) is 10.8. The van der Waals surface area contributed by atoms with Crippen molar-refractivity contribution in [3.05, 3.63) is 52.4 Å². The summed E-state index contributed by atoms with van der Waals surface area (Å²) in [6.45, 7) is 3.19. The molecule has 6 nitrogen and oxygen atoms in total. The molecule has 1 unspecified atom stereocenters. The number of amides is 1. The van der Waals surface area contributed by atoms with Crippen molar-refractivity contribution in [2.75, 3.05) is 33.0 Å². The van der Waals surface area contributed by atoms with Crippen LogP contribution in [0.2, 0.25) is 0 Å². The number of ether oxygens (including phenoxy) is 1. The minimum Gasteiger partial charge on any atom is -0.497 e. The number of rotatable bonds is 5. The van der Waals surface area contributed by atoms with Gasteiger partial charge in [-0.25, -0.2) is 0 Å². The van der Waals surface area contributed by atoms with Crippen LogP contribution in [0.3, 0.4) is 0 Å². The number of pyridine rings is 1. The molecule has 0 aliphatic carbocycles. The van der Waals surface area contributed by atoms with Gasteiger partial charge in [-0.2, -0.15) is 0 Å². The van der Waals surface area contributed by atoms with Gasteiger partial charge in [-0.15, -0.1) is 11.8 Å². The van der Waals surface area contributed by atoms with Gasteiger partial charge < -0.3 is 15.0 Å². The molecule has 4 heterocycles. The Hall–Kier alpha value is -2.25. The summed E-state index contributed by atoms with van der Waals surface area (Å²) in [5.41, 5.74) is 1.08. The molecular weight excluding hydrogens is 374 g/mol. The summed E-state index contributed by atoms with van der Waals surface area (Å²) in [6, 6.07) is 8.82. The van der Waals surface area contributed by atoms with Crippen molar-refractivity contribution in [3.63, 3.8) is 0 Å². The number of nitrogens with one attached hydrogen (secondary N) is 1. The van der Waals surface area contributed by atoms with Crippen LogP contribution in [0.5, 0.6) is 5.75 Å². The van der Waals surface area contributed by atoms with Crippen LogP contribution < -0.4 is 15.6 Å². The maximum atomic E-state index is 12.9. The zero-order valence-electron chi connectivity index (χ0n) is 16.2. The highest BCUT2D eigenvalue weighted by molar-refractivity contribution is 7.98. The van der Waals surface area contributed by atoms with E-state index in [1.54, 1.807) is 19.4 Å². The smallest absolute Gasteiger partial charge is 0.255 e. The van der Waals surface area contributed by atoms with Crippen LogP contribution >= 0.6 is 11.8 Å². The summed E-state index contributed by atoms with van der Waals surface area (Å²) < 4.78 is 6.82. The molecule has 0 saturated carbocycles. The highest BCUT2D eigenvalue weighted by atomic mass is 32.2. The monoisotopic (exact) mass is 399 g/mol. The second-order valence-electron chi connectivity index (χ2n) is 7.38. The van der Waals surface area contributed by atoms with E-state index in [9.17, 15) is 9.59 Å². The van der Waals surface area contributed by atoms with Crippen molar-refractivity contribution in [2.45, 2.75) is 23.8 Å². The lowest BCUT2D eigenvalue weighted by Gasteiger charge is -2.44. The Balaban J connectivity index is 1.60. The summed E-state index contributed by atoms with van der Waals surface area (Å²) in [6.07, 6.45) is 5.88. The lowest BCUT2D eigenvalue weighted by atomic mass is 9.84. The van der Waals surface area contributed by atoms with Crippen LogP contribution in [0.4, 0.5) is 0 Å². The van der Waals surface area contributed by atoms with E-state index in [0.29, 0.717) is 11.5 Å². The second kappa shape index (κ2) is 8.01. The standard InChI is InChI=1S/C21H25N3O3S/c1-27-16-4-5-18(19(11-16)28-2)24-12-15(3-6-20(24)25)21(26)22-17-13-23-9-7-14(17)8-10-23/h3-6,11-12,14,17H,7-10,13H2,1-2H3,(H,22,26). The predicted octanol–water partition coefficient (Wildman–Crippen LogP) is 2.39. The minimum atomic E-state index is -0.167. The molecule has 1 atom stereocenters. The third kappa shape index (κ3) is 3.69. The molecule has 1 amide bonds. The Labute approximate surface area is 168 Å². The summed E-state index contributed by atoms with van der Waals surface area (Å²) >= 11 is 1.53. The van der Waals surface area contributed by atoms with E-state index < -0.39 is 0 Å². The van der Waals surface area contributed by atoms with E-state index in [-0.39, 0.29) is 17.5 Å². The molecule has 1 N–H and O–H groups in total. The number of carbonyl (C=O) groups excluding carboxylic acids is 1. The second-order valence-corrected chi connectivity index (χ2v) is 8.23. The summed E-state index contributed by atoms with van der Waals surface area (Å²) in [7, 11) is 1.62. The summed E-state index contributed by atoms with van der Waals surface area (Å²) in [5, 5.41) is 3.19. The lowest BCUT2D eigenvalue weighted by molar-refractivity contribution is 0.0620. The van der Waals surface area contributed by atoms with Gasteiger partial charge in [0.1, 0.15) is 5.75 Å². The number of fused-ring (bicyclic) bond motifs is 3. The average molecular weight is 400 g/mol. The first kappa shape index (κ1) is 19.1. The lowest BCUT2D eigenvalue weighted by Crippen LogP contribution is -2.57. The number of methoxy groups -OCH3 is 1. The maximum Gasteiger partial charge on any atom is 0.255 e. The van der Waals surface area contributed by atoms with E-state index >= 15 is 0 Å². The first-order chi connectivity index (χ1) is 13.6. The molecule has 28 heavy (non-hydrogen) atoms. The number of benzene rings is 1. The van der Waals surface area contributed by atoms with Gasteiger partial charge in [0.2, 0.25) is 0 Å². The Morgan fingerprint density at radius 3 is 2.64 bits per heavy atom. The fourth-order valence-electron chi connectivity index (χ4n) is 4.17. The van der Waals surface area contributed by atoms with E-state index in [4.69, 9.17) is 4.74 Å². The predicted molar refractivity (Wildman–Crippen MR) is 111 cm³/mol. The fourth-order valence-corrected chi connectivity index (χ4v) is 4.78. The molecule has 148 valence electrons. The van der Waals surface area contributed by atoms with Crippen LogP contribution in [-0.2, 0) is 0 Å². The third-order valence-corrected chi connectivity index (χ3v) is 6.56. The minimum absolute atomic E-state index is 0.119. The van der Waals surface area contributed by atoms with Crippen molar-refractivity contribution in [3.8, 4) is 11.4 Å². The number of piperidine rings is 3. The van der Waals surface area contributed by atoms with Gasteiger partial charge in [0, 0.05) is 29.7 Å².